The van der Waals surface area contributed by atoms with Gasteiger partial charge in [-0.05, 0) is 49.2 Å². The first kappa shape index (κ1) is 19.1. The van der Waals surface area contributed by atoms with Gasteiger partial charge in [-0.15, -0.1) is 13.2 Å². The maximum Gasteiger partial charge on any atom is 0.489 e. The summed E-state index contributed by atoms with van der Waals surface area (Å²) in [4.78, 5) is 11.7. The van der Waals surface area contributed by atoms with Crippen LogP contribution < -0.4 is 16.0 Å². The van der Waals surface area contributed by atoms with Crippen molar-refractivity contribution < 1.29 is 26.7 Å². The van der Waals surface area contributed by atoms with Crippen LogP contribution in [0.5, 0.6) is 0 Å². The highest BCUT2D eigenvalue weighted by atomic mass is 19.4. The number of carbonyl (C=O) groups excluding carboxylic acids is 1. The van der Waals surface area contributed by atoms with Crippen molar-refractivity contribution in [3.63, 3.8) is 0 Å². The smallest absolute Gasteiger partial charge is 0.350 e. The van der Waals surface area contributed by atoms with Crippen LogP contribution in [0.1, 0.15) is 18.4 Å². The van der Waals surface area contributed by atoms with Crippen LogP contribution in [0.4, 0.5) is 33.3 Å². The molecule has 1 saturated carbocycles. The first-order valence-corrected chi connectivity index (χ1v) is 8.08. The molecule has 1 amide bonds. The van der Waals surface area contributed by atoms with Crippen molar-refractivity contribution in [3.8, 4) is 0 Å². The van der Waals surface area contributed by atoms with Crippen molar-refractivity contribution in [3.05, 3.63) is 59.7 Å². The molecule has 1 aliphatic carbocycles. The highest BCUT2D eigenvalue weighted by molar-refractivity contribution is 5.88. The van der Waals surface area contributed by atoms with Crippen LogP contribution >= 0.6 is 0 Å². The van der Waals surface area contributed by atoms with Gasteiger partial charge in [0, 0.05) is 17.8 Å². The predicted octanol–water partition coefficient (Wildman–Crippen LogP) is 3.73. The van der Waals surface area contributed by atoms with E-state index >= 15 is 0 Å². The number of alkyl halides is 3. The molecule has 1 fully saturated rings. The van der Waals surface area contributed by atoms with Crippen molar-refractivity contribution in [1.82, 2.24) is 5.32 Å². The Labute approximate surface area is 151 Å². The van der Waals surface area contributed by atoms with Crippen LogP contribution in [-0.2, 0) is 11.3 Å². The molecule has 9 heteroatoms. The van der Waals surface area contributed by atoms with Crippen LogP contribution in [0.25, 0.3) is 0 Å². The second kappa shape index (κ2) is 6.80. The Morgan fingerprint density at radius 1 is 1.07 bits per heavy atom. The molecule has 144 valence electrons. The van der Waals surface area contributed by atoms with E-state index in [4.69, 9.17) is 5.73 Å². The zero-order valence-corrected chi connectivity index (χ0v) is 14.0. The largest absolute Gasteiger partial charge is 0.489 e. The fourth-order valence-corrected chi connectivity index (χ4v) is 2.56. The van der Waals surface area contributed by atoms with E-state index in [0.29, 0.717) is 18.9 Å². The summed E-state index contributed by atoms with van der Waals surface area (Å²) in [6, 6.07) is 6.62. The highest BCUT2D eigenvalue weighted by Gasteiger charge is 2.45. The summed E-state index contributed by atoms with van der Waals surface area (Å²) < 4.78 is 67.7. The first-order valence-electron chi connectivity index (χ1n) is 8.08. The van der Waals surface area contributed by atoms with Gasteiger partial charge in [0.2, 0.25) is 5.91 Å². The van der Waals surface area contributed by atoms with Crippen LogP contribution in [-0.4, -0.2) is 17.7 Å². The second-order valence-corrected chi connectivity index (χ2v) is 6.39. The molecule has 1 aliphatic rings. The topological polar surface area (TPSA) is 58.4 Å². The molecule has 0 saturated heterocycles. The lowest BCUT2D eigenvalue weighted by atomic mass is 10.1. The van der Waals surface area contributed by atoms with Crippen molar-refractivity contribution in [2.75, 3.05) is 4.90 Å². The molecule has 0 heterocycles. The minimum Gasteiger partial charge on any atom is -0.350 e. The first-order chi connectivity index (χ1) is 12.6. The number of hydrogen-bond acceptors (Lipinski definition) is 3. The molecule has 2 aromatic rings. The third-order valence-corrected chi connectivity index (χ3v) is 4.31. The summed E-state index contributed by atoms with van der Waals surface area (Å²) in [6.45, 7) is -0.188. The number of hydrogen-bond donors (Lipinski definition) is 2. The van der Waals surface area contributed by atoms with Crippen molar-refractivity contribution in [1.29, 1.82) is 0 Å². The standard InChI is InChI=1S/C18H16F5N3O/c19-12-2-5-13(6-3-12)26(18(21,22)23)14-4-1-11(15(20)9-14)10-25-16(27)17(24)7-8-17/h1-6,9H,7-8,10,24H2,(H,25,27). The number of nitrogens with zero attached hydrogens (tertiary/aromatic N) is 1. The lowest BCUT2D eigenvalue weighted by Gasteiger charge is -2.27. The van der Waals surface area contributed by atoms with Gasteiger partial charge in [0.1, 0.15) is 11.6 Å². The molecule has 3 rings (SSSR count). The molecule has 4 nitrogen and oxygen atoms in total. The van der Waals surface area contributed by atoms with Gasteiger partial charge >= 0.3 is 6.30 Å². The van der Waals surface area contributed by atoms with Gasteiger partial charge in [-0.1, -0.05) is 6.07 Å². The molecule has 27 heavy (non-hydrogen) atoms. The van der Waals surface area contributed by atoms with E-state index in [0.717, 1.165) is 36.4 Å². The average Bonchev–Trinajstić information content (AvgIpc) is 3.33. The number of benzene rings is 2. The molecule has 0 atom stereocenters. The summed E-state index contributed by atoms with van der Waals surface area (Å²) in [5, 5.41) is 2.48. The molecule has 0 aliphatic heterocycles. The number of anilines is 2. The number of amides is 1. The summed E-state index contributed by atoms with van der Waals surface area (Å²) in [5.74, 6) is -2.02. The number of halogens is 5. The number of nitrogens with two attached hydrogens (primary N) is 1. The van der Waals surface area contributed by atoms with Crippen molar-refractivity contribution >= 4 is 17.3 Å². The Bertz CT molecular complexity index is 847. The molecule has 0 radical (unpaired) electrons. The maximum absolute atomic E-state index is 14.3. The molecule has 0 aromatic heterocycles. The fraction of sp³-hybridized carbons (Fsp3) is 0.278. The van der Waals surface area contributed by atoms with Crippen molar-refractivity contribution in [2.24, 2.45) is 5.73 Å². The van der Waals surface area contributed by atoms with Gasteiger partial charge in [0.05, 0.1) is 11.2 Å². The van der Waals surface area contributed by atoms with Crippen LogP contribution in [0.2, 0.25) is 0 Å². The average molecular weight is 385 g/mol. The normalized spacial score (nSPS) is 15.3. The van der Waals surface area contributed by atoms with Crippen molar-refractivity contribution in [2.45, 2.75) is 31.2 Å². The fourth-order valence-electron chi connectivity index (χ4n) is 2.56. The monoisotopic (exact) mass is 385 g/mol. The van der Waals surface area contributed by atoms with E-state index in [-0.39, 0.29) is 22.7 Å². The minimum absolute atomic E-state index is 0.0255. The third-order valence-electron chi connectivity index (χ3n) is 4.31. The van der Waals surface area contributed by atoms with E-state index < -0.39 is 35.1 Å². The van der Waals surface area contributed by atoms with Crippen LogP contribution in [0.15, 0.2) is 42.5 Å². The number of nitrogens with one attached hydrogen (secondary N) is 1. The zero-order chi connectivity index (χ0) is 19.8. The maximum atomic E-state index is 14.3. The van der Waals surface area contributed by atoms with Gasteiger partial charge in [0.25, 0.3) is 0 Å². The van der Waals surface area contributed by atoms with E-state index in [1.54, 1.807) is 0 Å². The molecule has 0 bridgehead atoms. The Balaban J connectivity index is 1.83. The summed E-state index contributed by atoms with van der Waals surface area (Å²) in [6.07, 6.45) is -3.77. The Morgan fingerprint density at radius 2 is 1.67 bits per heavy atom. The summed E-state index contributed by atoms with van der Waals surface area (Å²) >= 11 is 0. The summed E-state index contributed by atoms with van der Waals surface area (Å²) in [7, 11) is 0. The SMILES string of the molecule is NC1(C(=O)NCc2ccc(N(c3ccc(F)cc3)C(F)(F)F)cc2F)CC1. The molecular formula is C18H16F5N3O. The quantitative estimate of drug-likeness (QED) is 0.609. The highest BCUT2D eigenvalue weighted by Crippen LogP contribution is 2.37. The minimum atomic E-state index is -4.85. The summed E-state index contributed by atoms with van der Waals surface area (Å²) in [5.41, 5.74) is 3.98. The number of rotatable bonds is 5. The van der Waals surface area contributed by atoms with E-state index in [2.05, 4.69) is 5.32 Å². The molecule has 0 unspecified atom stereocenters. The van der Waals surface area contributed by atoms with E-state index in [1.807, 2.05) is 0 Å². The van der Waals surface area contributed by atoms with Crippen LogP contribution in [0, 0.1) is 11.6 Å². The lowest BCUT2D eigenvalue weighted by molar-refractivity contribution is -0.123. The zero-order valence-electron chi connectivity index (χ0n) is 14.0. The van der Waals surface area contributed by atoms with E-state index in [9.17, 15) is 26.7 Å². The molecule has 3 N–H and O–H groups in total. The second-order valence-electron chi connectivity index (χ2n) is 6.39. The molecular weight excluding hydrogens is 369 g/mol. The van der Waals surface area contributed by atoms with E-state index in [1.165, 1.54) is 0 Å². The Kier molecular flexibility index (Phi) is 4.81. The number of carbonyl (C=O) groups is 1. The Hall–Kier alpha value is -2.68. The lowest BCUT2D eigenvalue weighted by Crippen LogP contribution is -2.42. The Morgan fingerprint density at radius 3 is 2.19 bits per heavy atom. The predicted molar refractivity (Wildman–Crippen MR) is 89.0 cm³/mol. The van der Waals surface area contributed by atoms with Gasteiger partial charge in [-0.2, -0.15) is 0 Å². The van der Waals surface area contributed by atoms with Gasteiger partial charge < -0.3 is 11.1 Å². The molecule has 2 aromatic carbocycles. The van der Waals surface area contributed by atoms with Crippen LogP contribution in [0.3, 0.4) is 0 Å². The molecule has 0 spiro atoms. The van der Waals surface area contributed by atoms with Gasteiger partial charge in [0.15, 0.2) is 0 Å². The third kappa shape index (κ3) is 4.19. The van der Waals surface area contributed by atoms with Gasteiger partial charge in [-0.3, -0.25) is 9.69 Å². The van der Waals surface area contributed by atoms with Gasteiger partial charge in [-0.25, -0.2) is 8.78 Å².